The fraction of sp³-hybridized carbons (Fsp3) is 0.111. The highest BCUT2D eigenvalue weighted by atomic mass is 35.5. The maximum atomic E-state index is 5.70. The molecule has 0 aromatic heterocycles. The second-order valence-corrected chi connectivity index (χ2v) is 3.07. The summed E-state index contributed by atoms with van der Waals surface area (Å²) in [6.07, 6.45) is 0. The van der Waals surface area contributed by atoms with E-state index in [4.69, 9.17) is 11.6 Å². The van der Waals surface area contributed by atoms with Gasteiger partial charge in [-0.1, -0.05) is 18.2 Å². The summed E-state index contributed by atoms with van der Waals surface area (Å²) in [4.78, 5) is 7.96. The van der Waals surface area contributed by atoms with Crippen molar-refractivity contribution < 1.29 is 0 Å². The number of guanidine groups is 1. The molecule has 1 heterocycles. The van der Waals surface area contributed by atoms with Gasteiger partial charge in [0.25, 0.3) is 0 Å². The van der Waals surface area contributed by atoms with E-state index < -0.39 is 0 Å². The fourth-order valence-electron chi connectivity index (χ4n) is 1.07. The molecule has 1 aliphatic heterocycles. The van der Waals surface area contributed by atoms with Crippen molar-refractivity contribution in [3.63, 3.8) is 0 Å². The summed E-state index contributed by atoms with van der Waals surface area (Å²) >= 11 is 5.70. The first-order valence-corrected chi connectivity index (χ1v) is 4.56. The second-order valence-electron chi connectivity index (χ2n) is 2.71. The summed E-state index contributed by atoms with van der Waals surface area (Å²) in [5, 5.41) is 6.26. The highest BCUT2D eigenvalue weighted by Gasteiger charge is 2.05. The molecule has 0 unspecified atom stereocenters. The minimum Gasteiger partial charge on any atom is -0.326 e. The summed E-state index contributed by atoms with van der Waals surface area (Å²) in [6.45, 7) is 0.362. The summed E-state index contributed by atoms with van der Waals surface area (Å²) < 4.78 is 0. The molecule has 1 aromatic carbocycles. The van der Waals surface area contributed by atoms with Crippen LogP contribution < -0.4 is 10.6 Å². The Morgan fingerprint density at radius 3 is 2.71 bits per heavy atom. The molecule has 1 aliphatic rings. The van der Waals surface area contributed by atoms with Crippen LogP contribution in [0, 0.1) is 0 Å². The van der Waals surface area contributed by atoms with E-state index in [0.29, 0.717) is 17.9 Å². The van der Waals surface area contributed by atoms with Crippen molar-refractivity contribution in [3.05, 3.63) is 30.3 Å². The van der Waals surface area contributed by atoms with Crippen molar-refractivity contribution in [2.45, 2.75) is 0 Å². The predicted molar refractivity (Wildman–Crippen MR) is 58.8 cm³/mol. The van der Waals surface area contributed by atoms with Crippen LogP contribution in [0.15, 0.2) is 40.3 Å². The van der Waals surface area contributed by atoms with E-state index in [1.165, 1.54) is 0 Å². The van der Waals surface area contributed by atoms with Crippen LogP contribution in [-0.4, -0.2) is 17.9 Å². The van der Waals surface area contributed by atoms with Crippen molar-refractivity contribution in [2.75, 3.05) is 12.0 Å². The summed E-state index contributed by atoms with van der Waals surface area (Å²) in [7, 11) is 0. The molecule has 2 rings (SSSR count). The number of anilines is 1. The summed E-state index contributed by atoms with van der Waals surface area (Å²) in [6, 6.07) is 9.74. The molecule has 14 heavy (non-hydrogen) atoms. The molecule has 72 valence electrons. The van der Waals surface area contributed by atoms with Gasteiger partial charge in [-0.05, 0) is 23.7 Å². The first kappa shape index (κ1) is 9.02. The molecule has 0 aliphatic carbocycles. The number of halogens is 1. The molecule has 0 radical (unpaired) electrons. The lowest BCUT2D eigenvalue weighted by atomic mass is 10.3. The normalized spacial score (nSPS) is 15.2. The van der Waals surface area contributed by atoms with Crippen molar-refractivity contribution in [3.8, 4) is 0 Å². The first-order chi connectivity index (χ1) is 6.84. The number of aliphatic imine (C=N–C) groups is 2. The zero-order valence-corrected chi connectivity index (χ0v) is 8.12. The second kappa shape index (κ2) is 4.11. The smallest absolute Gasteiger partial charge is 0.204 e. The van der Waals surface area contributed by atoms with Gasteiger partial charge in [0.05, 0.1) is 0 Å². The Morgan fingerprint density at radius 1 is 1.21 bits per heavy atom. The Balaban J connectivity index is 2.02. The third-order valence-electron chi connectivity index (χ3n) is 1.70. The van der Waals surface area contributed by atoms with Gasteiger partial charge in [0, 0.05) is 5.69 Å². The molecule has 0 bridgehead atoms. The first-order valence-electron chi connectivity index (χ1n) is 4.18. The number of rotatable bonds is 1. The number of nitrogens with one attached hydrogen (secondary N) is 2. The molecule has 2 N–H and O–H groups in total. The molecule has 0 amide bonds. The predicted octanol–water partition coefficient (Wildman–Crippen LogP) is 1.61. The largest absolute Gasteiger partial charge is 0.326 e. The van der Waals surface area contributed by atoms with Crippen LogP contribution in [-0.2, 0) is 0 Å². The molecular weight excluding hydrogens is 200 g/mol. The van der Waals surface area contributed by atoms with E-state index in [0.717, 1.165) is 5.69 Å². The van der Waals surface area contributed by atoms with Crippen LogP contribution in [0.25, 0.3) is 0 Å². The number of hydrogen-bond donors (Lipinski definition) is 2. The Labute approximate surface area is 86.7 Å². The Morgan fingerprint density at radius 2 is 2.00 bits per heavy atom. The van der Waals surface area contributed by atoms with Gasteiger partial charge in [0.15, 0.2) is 5.29 Å². The molecule has 0 saturated carbocycles. The van der Waals surface area contributed by atoms with Crippen LogP contribution in [0.4, 0.5) is 5.69 Å². The van der Waals surface area contributed by atoms with Crippen LogP contribution in [0.5, 0.6) is 0 Å². The van der Waals surface area contributed by atoms with Crippen molar-refractivity contribution in [1.29, 1.82) is 0 Å². The Hall–Kier alpha value is -1.55. The van der Waals surface area contributed by atoms with E-state index in [-0.39, 0.29) is 0 Å². The van der Waals surface area contributed by atoms with Gasteiger partial charge in [-0.25, -0.2) is 9.98 Å². The van der Waals surface area contributed by atoms with Gasteiger partial charge < -0.3 is 10.6 Å². The van der Waals surface area contributed by atoms with Crippen molar-refractivity contribution in [2.24, 2.45) is 9.98 Å². The van der Waals surface area contributed by atoms with E-state index in [9.17, 15) is 0 Å². The quantitative estimate of drug-likeness (QED) is 0.689. The molecule has 0 fully saturated rings. The molecule has 0 spiro atoms. The SMILES string of the molecule is ClC1=NCN=C(Nc2ccccc2)N1. The highest BCUT2D eigenvalue weighted by molar-refractivity contribution is 6.66. The molecule has 5 heteroatoms. The average Bonchev–Trinajstić information content (AvgIpc) is 2.19. The van der Waals surface area contributed by atoms with Gasteiger partial charge in [0.2, 0.25) is 5.96 Å². The number of nitrogens with zero attached hydrogens (tertiary/aromatic N) is 2. The van der Waals surface area contributed by atoms with Crippen LogP contribution in [0.3, 0.4) is 0 Å². The average molecular weight is 209 g/mol. The standard InChI is InChI=1S/C9H9ClN4/c10-8-11-6-12-9(14-8)13-7-4-2-1-3-5-7/h1-5H,6H2,(H2,11,12,13,14). The van der Waals surface area contributed by atoms with E-state index in [1.54, 1.807) is 0 Å². The molecule has 1 aromatic rings. The van der Waals surface area contributed by atoms with Gasteiger partial charge in [0.1, 0.15) is 6.67 Å². The van der Waals surface area contributed by atoms with Gasteiger partial charge in [-0.3, -0.25) is 0 Å². The van der Waals surface area contributed by atoms with Gasteiger partial charge in [-0.15, -0.1) is 0 Å². The van der Waals surface area contributed by atoms with Crippen molar-refractivity contribution >= 4 is 28.5 Å². The molecule has 4 nitrogen and oxygen atoms in total. The fourth-order valence-corrected chi connectivity index (χ4v) is 1.22. The lowest BCUT2D eigenvalue weighted by Gasteiger charge is -2.13. The van der Waals surface area contributed by atoms with Crippen LogP contribution >= 0.6 is 11.6 Å². The van der Waals surface area contributed by atoms with E-state index >= 15 is 0 Å². The van der Waals surface area contributed by atoms with Gasteiger partial charge >= 0.3 is 0 Å². The number of amidine groups is 1. The number of benzene rings is 1. The van der Waals surface area contributed by atoms with E-state index in [2.05, 4.69) is 20.6 Å². The summed E-state index contributed by atoms with van der Waals surface area (Å²) in [5.74, 6) is 0.621. The minimum atomic E-state index is 0.360. The van der Waals surface area contributed by atoms with Crippen LogP contribution in [0.1, 0.15) is 0 Å². The lowest BCUT2D eigenvalue weighted by Crippen LogP contribution is -2.36. The third kappa shape index (κ3) is 2.23. The third-order valence-corrected chi connectivity index (χ3v) is 1.91. The van der Waals surface area contributed by atoms with E-state index in [1.807, 2.05) is 30.3 Å². The zero-order valence-electron chi connectivity index (χ0n) is 7.37. The summed E-state index contributed by atoms with van der Waals surface area (Å²) in [5.41, 5.74) is 0.963. The maximum absolute atomic E-state index is 5.70. The topological polar surface area (TPSA) is 48.8 Å². The van der Waals surface area contributed by atoms with Crippen LogP contribution in [0.2, 0.25) is 0 Å². The number of hydrogen-bond acceptors (Lipinski definition) is 4. The molecule has 0 saturated heterocycles. The lowest BCUT2D eigenvalue weighted by molar-refractivity contribution is 1.01. The monoisotopic (exact) mass is 208 g/mol. The Bertz CT molecular complexity index is 372. The van der Waals surface area contributed by atoms with Crippen molar-refractivity contribution in [1.82, 2.24) is 5.32 Å². The zero-order chi connectivity index (χ0) is 9.80. The Kier molecular flexibility index (Phi) is 2.65. The minimum absolute atomic E-state index is 0.360. The number of para-hydroxylation sites is 1. The highest BCUT2D eigenvalue weighted by Crippen LogP contribution is 2.05. The molecular formula is C9H9ClN4. The molecule has 0 atom stereocenters. The maximum Gasteiger partial charge on any atom is 0.204 e. The van der Waals surface area contributed by atoms with Gasteiger partial charge in [-0.2, -0.15) is 0 Å².